The molecule has 74 valence electrons. The Kier molecular flexibility index (Phi) is 2.46. The van der Waals surface area contributed by atoms with Crippen LogP contribution >= 0.6 is 12.6 Å². The molecule has 0 radical (unpaired) electrons. The molecule has 14 heavy (non-hydrogen) atoms. The number of hydrogen-bond donors (Lipinski definition) is 1. The molecule has 1 aromatic rings. The van der Waals surface area contributed by atoms with Crippen molar-refractivity contribution in [3.05, 3.63) is 30.1 Å². The summed E-state index contributed by atoms with van der Waals surface area (Å²) >= 11 is 4.23. The second-order valence-electron chi connectivity index (χ2n) is 3.34. The molecule has 4 heteroatoms. The second kappa shape index (κ2) is 3.61. The molecule has 1 atom stereocenters. The molecule has 1 unspecified atom stereocenters. The Hall–Kier alpha value is -1.03. The van der Waals surface area contributed by atoms with Gasteiger partial charge in [-0.1, -0.05) is 6.07 Å². The van der Waals surface area contributed by atoms with Crippen molar-refractivity contribution in [1.29, 1.82) is 0 Å². The van der Waals surface area contributed by atoms with Crippen LogP contribution in [0.1, 0.15) is 6.42 Å². The quantitative estimate of drug-likeness (QED) is 0.703. The predicted molar refractivity (Wildman–Crippen MR) is 56.1 cm³/mol. The first-order valence-electron chi connectivity index (χ1n) is 4.41. The zero-order valence-electron chi connectivity index (χ0n) is 7.48. The fourth-order valence-corrected chi connectivity index (χ4v) is 1.90. The minimum absolute atomic E-state index is 0.00981. The number of amides is 1. The highest BCUT2D eigenvalue weighted by Crippen LogP contribution is 2.24. The number of anilines is 1. The lowest BCUT2D eigenvalue weighted by Gasteiger charge is -2.15. The van der Waals surface area contributed by atoms with E-state index in [1.807, 2.05) is 0 Å². The van der Waals surface area contributed by atoms with E-state index in [1.165, 1.54) is 12.1 Å². The molecule has 0 aromatic heterocycles. The maximum absolute atomic E-state index is 12.9. The van der Waals surface area contributed by atoms with Crippen molar-refractivity contribution in [3.8, 4) is 0 Å². The van der Waals surface area contributed by atoms with Crippen molar-refractivity contribution in [1.82, 2.24) is 0 Å². The number of benzene rings is 1. The number of carbonyl (C=O) groups is 1. The van der Waals surface area contributed by atoms with E-state index in [-0.39, 0.29) is 17.0 Å². The number of nitrogens with zero attached hydrogens (tertiary/aromatic N) is 1. The standard InChI is InChI=1S/C10H10FNOS/c11-7-2-1-3-8(4-7)12-6-9(14)5-10(12)13/h1-4,9,14H,5-6H2. The summed E-state index contributed by atoms with van der Waals surface area (Å²) in [7, 11) is 0. The predicted octanol–water partition coefficient (Wildman–Crippen LogP) is 1.86. The summed E-state index contributed by atoms with van der Waals surface area (Å²) in [5.74, 6) is -0.312. The molecule has 0 N–H and O–H groups in total. The maximum Gasteiger partial charge on any atom is 0.228 e. The van der Waals surface area contributed by atoms with Gasteiger partial charge in [-0.25, -0.2) is 4.39 Å². The van der Waals surface area contributed by atoms with E-state index in [1.54, 1.807) is 17.0 Å². The third-order valence-electron chi connectivity index (χ3n) is 2.22. The summed E-state index contributed by atoms with van der Waals surface area (Å²) in [5, 5.41) is 0.0609. The molecular formula is C10H10FNOS. The van der Waals surface area contributed by atoms with Gasteiger partial charge in [0, 0.05) is 23.9 Å². The molecule has 1 amide bonds. The van der Waals surface area contributed by atoms with Crippen molar-refractivity contribution in [2.75, 3.05) is 11.4 Å². The summed E-state index contributed by atoms with van der Waals surface area (Å²) < 4.78 is 12.9. The van der Waals surface area contributed by atoms with Crippen LogP contribution in [-0.2, 0) is 4.79 Å². The van der Waals surface area contributed by atoms with Gasteiger partial charge in [-0.05, 0) is 18.2 Å². The number of rotatable bonds is 1. The monoisotopic (exact) mass is 211 g/mol. The van der Waals surface area contributed by atoms with Gasteiger partial charge in [0.05, 0.1) is 0 Å². The van der Waals surface area contributed by atoms with Gasteiger partial charge in [-0.2, -0.15) is 12.6 Å². The minimum Gasteiger partial charge on any atom is -0.311 e. The largest absolute Gasteiger partial charge is 0.311 e. The molecular weight excluding hydrogens is 201 g/mol. The molecule has 0 saturated carbocycles. The van der Waals surface area contributed by atoms with Crippen LogP contribution in [0.25, 0.3) is 0 Å². The molecule has 0 spiro atoms. The zero-order chi connectivity index (χ0) is 10.1. The Balaban J connectivity index is 2.27. The van der Waals surface area contributed by atoms with Crippen molar-refractivity contribution < 1.29 is 9.18 Å². The number of halogens is 1. The molecule has 1 aliphatic rings. The lowest BCUT2D eigenvalue weighted by Crippen LogP contribution is -2.24. The van der Waals surface area contributed by atoms with Crippen LogP contribution in [0.2, 0.25) is 0 Å². The number of carbonyl (C=O) groups excluding carboxylic acids is 1. The van der Waals surface area contributed by atoms with Crippen LogP contribution in [0.4, 0.5) is 10.1 Å². The van der Waals surface area contributed by atoms with Gasteiger partial charge in [0.2, 0.25) is 5.91 Å². The van der Waals surface area contributed by atoms with Crippen LogP contribution < -0.4 is 4.90 Å². The zero-order valence-corrected chi connectivity index (χ0v) is 8.38. The number of hydrogen-bond acceptors (Lipinski definition) is 2. The molecule has 0 bridgehead atoms. The molecule has 1 heterocycles. The summed E-state index contributed by atoms with van der Waals surface area (Å²) in [4.78, 5) is 13.0. The van der Waals surface area contributed by atoms with E-state index >= 15 is 0 Å². The lowest BCUT2D eigenvalue weighted by molar-refractivity contribution is -0.117. The van der Waals surface area contributed by atoms with Crippen molar-refractivity contribution in [3.63, 3.8) is 0 Å². The van der Waals surface area contributed by atoms with Crippen LogP contribution in [0.3, 0.4) is 0 Å². The Bertz CT molecular complexity index is 369. The van der Waals surface area contributed by atoms with Crippen LogP contribution in [0.5, 0.6) is 0 Å². The SMILES string of the molecule is O=C1CC(S)CN1c1cccc(F)c1. The van der Waals surface area contributed by atoms with Gasteiger partial charge in [0.25, 0.3) is 0 Å². The Labute approximate surface area is 87.1 Å². The summed E-state index contributed by atoms with van der Waals surface area (Å²) in [5.41, 5.74) is 0.617. The third-order valence-corrected chi connectivity index (χ3v) is 2.57. The molecule has 1 aliphatic heterocycles. The van der Waals surface area contributed by atoms with Crippen molar-refractivity contribution in [2.45, 2.75) is 11.7 Å². The van der Waals surface area contributed by atoms with E-state index < -0.39 is 0 Å². The van der Waals surface area contributed by atoms with E-state index in [9.17, 15) is 9.18 Å². The summed E-state index contributed by atoms with van der Waals surface area (Å²) in [6, 6.07) is 6.06. The highest BCUT2D eigenvalue weighted by Gasteiger charge is 2.28. The van der Waals surface area contributed by atoms with E-state index in [2.05, 4.69) is 12.6 Å². The first-order valence-corrected chi connectivity index (χ1v) is 4.92. The topological polar surface area (TPSA) is 20.3 Å². The van der Waals surface area contributed by atoms with Gasteiger partial charge >= 0.3 is 0 Å². The summed E-state index contributed by atoms with van der Waals surface area (Å²) in [6.07, 6.45) is 0.430. The van der Waals surface area contributed by atoms with Gasteiger partial charge in [0.15, 0.2) is 0 Å². The first kappa shape index (κ1) is 9.52. The van der Waals surface area contributed by atoms with Crippen LogP contribution in [0, 0.1) is 5.82 Å². The van der Waals surface area contributed by atoms with Gasteiger partial charge in [-0.15, -0.1) is 0 Å². The van der Waals surface area contributed by atoms with E-state index in [4.69, 9.17) is 0 Å². The van der Waals surface area contributed by atoms with Crippen molar-refractivity contribution >= 4 is 24.2 Å². The molecule has 1 saturated heterocycles. The fraction of sp³-hybridized carbons (Fsp3) is 0.300. The molecule has 2 nitrogen and oxygen atoms in total. The molecule has 2 rings (SSSR count). The van der Waals surface area contributed by atoms with Gasteiger partial charge < -0.3 is 4.90 Å². The molecule has 0 aliphatic carbocycles. The second-order valence-corrected chi connectivity index (χ2v) is 4.07. The van der Waals surface area contributed by atoms with Crippen LogP contribution in [-0.4, -0.2) is 17.7 Å². The van der Waals surface area contributed by atoms with E-state index in [0.29, 0.717) is 18.7 Å². The molecule has 1 fully saturated rings. The Morgan fingerprint density at radius 3 is 2.86 bits per heavy atom. The maximum atomic E-state index is 12.9. The van der Waals surface area contributed by atoms with Gasteiger partial charge in [0.1, 0.15) is 5.82 Å². The highest BCUT2D eigenvalue weighted by atomic mass is 32.1. The van der Waals surface area contributed by atoms with Crippen molar-refractivity contribution in [2.24, 2.45) is 0 Å². The van der Waals surface area contributed by atoms with Crippen LogP contribution in [0.15, 0.2) is 24.3 Å². The minimum atomic E-state index is -0.321. The normalized spacial score (nSPS) is 21.7. The highest BCUT2D eigenvalue weighted by molar-refractivity contribution is 7.81. The average molecular weight is 211 g/mol. The number of thiol groups is 1. The molecule has 1 aromatic carbocycles. The Morgan fingerprint density at radius 1 is 1.50 bits per heavy atom. The summed E-state index contributed by atoms with van der Waals surface area (Å²) in [6.45, 7) is 0.561. The van der Waals surface area contributed by atoms with E-state index in [0.717, 1.165) is 0 Å². The Morgan fingerprint density at radius 2 is 2.29 bits per heavy atom. The average Bonchev–Trinajstić information content (AvgIpc) is 2.45. The first-order chi connectivity index (χ1) is 6.66. The smallest absolute Gasteiger partial charge is 0.228 e. The third kappa shape index (κ3) is 1.75. The fourth-order valence-electron chi connectivity index (χ4n) is 1.58. The van der Waals surface area contributed by atoms with Gasteiger partial charge in [-0.3, -0.25) is 4.79 Å². The lowest BCUT2D eigenvalue weighted by atomic mass is 10.3.